The first-order chi connectivity index (χ1) is 13.2. The van der Waals surface area contributed by atoms with Crippen molar-refractivity contribution in [2.45, 2.75) is 57.1 Å². The molecule has 1 aliphatic heterocycles. The Morgan fingerprint density at radius 2 is 2.07 bits per heavy atom. The first-order valence-corrected chi connectivity index (χ1v) is 9.76. The monoisotopic (exact) mass is 375 g/mol. The first kappa shape index (κ1) is 19.5. The molecule has 1 unspecified atom stereocenters. The quantitative estimate of drug-likeness (QED) is 0.317. The van der Waals surface area contributed by atoms with Gasteiger partial charge in [-0.2, -0.15) is 0 Å². The number of aromatic hydroxyl groups is 1. The minimum absolute atomic E-state index is 0.0536. The number of methoxy groups -OCH3 is 1. The summed E-state index contributed by atoms with van der Waals surface area (Å²) in [6.07, 6.45) is 8.13. The number of carbonyl (C=O) groups is 1. The van der Waals surface area contributed by atoms with Crippen LogP contribution in [0.5, 0.6) is 5.75 Å². The topological polar surface area (TPSA) is 92.2 Å². The molecule has 0 radical (unpaired) electrons. The molecule has 1 aromatic rings. The average molecular weight is 375 g/mol. The second-order valence-corrected chi connectivity index (χ2v) is 7.15. The third-order valence-electron chi connectivity index (χ3n) is 5.09. The molecule has 0 spiro atoms. The Hall–Kier alpha value is -2.28. The Morgan fingerprint density at radius 3 is 2.78 bits per heavy atom. The van der Waals surface area contributed by atoms with Crippen LogP contribution in [0.1, 0.15) is 55.3 Å². The summed E-state index contributed by atoms with van der Waals surface area (Å²) in [4.78, 5) is 16.5. The van der Waals surface area contributed by atoms with Gasteiger partial charge in [0.1, 0.15) is 5.75 Å². The van der Waals surface area contributed by atoms with Crippen LogP contribution in [0.15, 0.2) is 23.2 Å². The minimum Gasteiger partial charge on any atom is -0.506 e. The predicted octanol–water partition coefficient (Wildman–Crippen LogP) is 3.05. The summed E-state index contributed by atoms with van der Waals surface area (Å²) in [5, 5.41) is 16.8. The van der Waals surface area contributed by atoms with E-state index < -0.39 is 5.97 Å². The van der Waals surface area contributed by atoms with Crippen LogP contribution in [0.2, 0.25) is 0 Å². The Morgan fingerprint density at radius 1 is 1.26 bits per heavy atom. The second kappa shape index (κ2) is 9.60. The highest BCUT2D eigenvalue weighted by Crippen LogP contribution is 2.25. The van der Waals surface area contributed by atoms with Crippen LogP contribution in [-0.4, -0.2) is 49.4 Å². The molecule has 7 heteroatoms. The predicted molar refractivity (Wildman–Crippen MR) is 104 cm³/mol. The molecule has 1 saturated carbocycles. The van der Waals surface area contributed by atoms with Gasteiger partial charge in [0.05, 0.1) is 31.0 Å². The molecule has 3 rings (SSSR count). The van der Waals surface area contributed by atoms with E-state index >= 15 is 0 Å². The molecule has 1 saturated heterocycles. The van der Waals surface area contributed by atoms with Crippen molar-refractivity contribution in [3.05, 3.63) is 23.8 Å². The number of hydrogen-bond acceptors (Lipinski definition) is 5. The number of aliphatic imine (C=N–C) groups is 1. The summed E-state index contributed by atoms with van der Waals surface area (Å²) < 4.78 is 10.4. The van der Waals surface area contributed by atoms with Crippen LogP contribution >= 0.6 is 0 Å². The summed E-state index contributed by atoms with van der Waals surface area (Å²) in [5.41, 5.74) is 0.793. The summed E-state index contributed by atoms with van der Waals surface area (Å²) in [7, 11) is 1.33. The van der Waals surface area contributed by atoms with Gasteiger partial charge in [0.25, 0.3) is 0 Å². The van der Waals surface area contributed by atoms with Crippen LogP contribution in [0.3, 0.4) is 0 Å². The molecule has 0 bridgehead atoms. The van der Waals surface area contributed by atoms with Crippen molar-refractivity contribution in [2.24, 2.45) is 4.99 Å². The molecule has 0 amide bonds. The largest absolute Gasteiger partial charge is 0.506 e. The lowest BCUT2D eigenvalue weighted by atomic mass is 9.96. The van der Waals surface area contributed by atoms with Crippen LogP contribution in [0, 0.1) is 0 Å². The van der Waals surface area contributed by atoms with E-state index in [1.54, 1.807) is 6.07 Å². The lowest BCUT2D eigenvalue weighted by molar-refractivity contribution is 0.0601. The fraction of sp³-hybridized carbons (Fsp3) is 0.600. The van der Waals surface area contributed by atoms with E-state index in [0.717, 1.165) is 32.3 Å². The fourth-order valence-electron chi connectivity index (χ4n) is 3.55. The van der Waals surface area contributed by atoms with Gasteiger partial charge in [-0.3, -0.25) is 4.99 Å². The van der Waals surface area contributed by atoms with Crippen LogP contribution in [0.25, 0.3) is 0 Å². The van der Waals surface area contributed by atoms with Gasteiger partial charge in [0.2, 0.25) is 0 Å². The van der Waals surface area contributed by atoms with Crippen molar-refractivity contribution in [3.8, 4) is 5.75 Å². The van der Waals surface area contributed by atoms with Gasteiger partial charge in [0.15, 0.2) is 5.96 Å². The maximum Gasteiger partial charge on any atom is 0.337 e. The lowest BCUT2D eigenvalue weighted by Crippen LogP contribution is -2.40. The average Bonchev–Trinajstić information content (AvgIpc) is 3.21. The van der Waals surface area contributed by atoms with E-state index in [9.17, 15) is 9.90 Å². The van der Waals surface area contributed by atoms with Crippen molar-refractivity contribution in [3.63, 3.8) is 0 Å². The highest BCUT2D eigenvalue weighted by Gasteiger charge is 2.19. The Bertz CT molecular complexity index is 665. The molecule has 148 valence electrons. The van der Waals surface area contributed by atoms with E-state index in [2.05, 4.69) is 15.6 Å². The lowest BCUT2D eigenvalue weighted by Gasteiger charge is -2.25. The van der Waals surface area contributed by atoms with Crippen molar-refractivity contribution < 1.29 is 19.4 Å². The van der Waals surface area contributed by atoms with Gasteiger partial charge < -0.3 is 25.2 Å². The molecular formula is C20H29N3O4. The summed E-state index contributed by atoms with van der Waals surface area (Å²) in [6, 6.07) is 4.95. The third kappa shape index (κ3) is 5.60. The summed E-state index contributed by atoms with van der Waals surface area (Å²) >= 11 is 0. The molecule has 1 heterocycles. The number of phenolic OH excluding ortho intramolecular Hbond substituents is 1. The van der Waals surface area contributed by atoms with Gasteiger partial charge in [0, 0.05) is 12.6 Å². The number of rotatable bonds is 5. The highest BCUT2D eigenvalue weighted by molar-refractivity contribution is 5.97. The third-order valence-corrected chi connectivity index (χ3v) is 5.09. The van der Waals surface area contributed by atoms with E-state index in [4.69, 9.17) is 9.47 Å². The SMILES string of the molecule is COC(=O)c1ccc(O)c(NC(=NCC2CCCO2)NC2CCCCC2)c1. The number of benzene rings is 1. The smallest absolute Gasteiger partial charge is 0.337 e. The van der Waals surface area contributed by atoms with Gasteiger partial charge in [-0.15, -0.1) is 0 Å². The van der Waals surface area contributed by atoms with Gasteiger partial charge in [-0.25, -0.2) is 4.79 Å². The number of phenols is 1. The van der Waals surface area contributed by atoms with Crippen molar-refractivity contribution in [1.29, 1.82) is 0 Å². The molecule has 1 atom stereocenters. The van der Waals surface area contributed by atoms with Gasteiger partial charge in [-0.05, 0) is 43.9 Å². The standard InChI is InChI=1S/C20H29N3O4/c1-26-19(25)14-9-10-18(24)17(12-14)23-20(21-13-16-8-5-11-27-16)22-15-6-3-2-4-7-15/h9-10,12,15-16,24H,2-8,11,13H2,1H3,(H2,21,22,23). The minimum atomic E-state index is -0.448. The molecule has 1 aromatic carbocycles. The number of esters is 1. The zero-order valence-electron chi connectivity index (χ0n) is 15.9. The number of hydrogen-bond donors (Lipinski definition) is 3. The Balaban J connectivity index is 1.74. The Labute approximate surface area is 160 Å². The summed E-state index contributed by atoms with van der Waals surface area (Å²) in [5.74, 6) is 0.212. The zero-order chi connectivity index (χ0) is 19.1. The highest BCUT2D eigenvalue weighted by atomic mass is 16.5. The molecule has 7 nitrogen and oxygen atoms in total. The molecule has 27 heavy (non-hydrogen) atoms. The maximum absolute atomic E-state index is 11.8. The van der Waals surface area contributed by atoms with E-state index in [0.29, 0.717) is 29.8 Å². The van der Waals surface area contributed by atoms with Gasteiger partial charge >= 0.3 is 5.97 Å². The number of anilines is 1. The van der Waals surface area contributed by atoms with Crippen LogP contribution in [0.4, 0.5) is 5.69 Å². The number of nitrogens with zero attached hydrogens (tertiary/aromatic N) is 1. The number of ether oxygens (including phenoxy) is 2. The second-order valence-electron chi connectivity index (χ2n) is 7.15. The molecular weight excluding hydrogens is 346 g/mol. The van der Waals surface area contributed by atoms with Crippen LogP contribution in [-0.2, 0) is 9.47 Å². The Kier molecular flexibility index (Phi) is 6.92. The summed E-state index contributed by atoms with van der Waals surface area (Å²) in [6.45, 7) is 1.36. The maximum atomic E-state index is 11.8. The molecule has 1 aliphatic carbocycles. The first-order valence-electron chi connectivity index (χ1n) is 9.76. The molecule has 3 N–H and O–H groups in total. The van der Waals surface area contributed by atoms with Crippen LogP contribution < -0.4 is 10.6 Å². The van der Waals surface area contributed by atoms with E-state index in [1.807, 2.05) is 0 Å². The fourth-order valence-corrected chi connectivity index (χ4v) is 3.55. The van der Waals surface area contributed by atoms with E-state index in [1.165, 1.54) is 38.5 Å². The van der Waals surface area contributed by atoms with Crippen molar-refractivity contribution >= 4 is 17.6 Å². The molecule has 2 fully saturated rings. The normalized spacial score (nSPS) is 21.1. The number of guanidine groups is 1. The van der Waals surface area contributed by atoms with Crippen molar-refractivity contribution in [1.82, 2.24) is 5.32 Å². The molecule has 0 aromatic heterocycles. The van der Waals surface area contributed by atoms with Gasteiger partial charge in [-0.1, -0.05) is 19.3 Å². The molecule has 2 aliphatic rings. The zero-order valence-corrected chi connectivity index (χ0v) is 15.9. The van der Waals surface area contributed by atoms with Crippen molar-refractivity contribution in [2.75, 3.05) is 25.6 Å². The number of carbonyl (C=O) groups excluding carboxylic acids is 1. The van der Waals surface area contributed by atoms with E-state index in [-0.39, 0.29) is 11.9 Å². The number of nitrogens with one attached hydrogen (secondary N) is 2.